The average molecular weight is 277 g/mol. The number of hydrogen-bond donors (Lipinski definition) is 2. The molecule has 1 unspecified atom stereocenters. The Balaban J connectivity index is 2.12. The average Bonchev–Trinajstić information content (AvgIpc) is 2.31. The molecule has 0 radical (unpaired) electrons. The Hall–Kier alpha value is -1.20. The van der Waals surface area contributed by atoms with Gasteiger partial charge in [-0.15, -0.1) is 0 Å². The Morgan fingerprint density at radius 1 is 1.26 bits per heavy atom. The number of hydrogen-bond acceptors (Lipinski definition) is 2. The zero-order valence-electron chi connectivity index (χ0n) is 11.0. The summed E-state index contributed by atoms with van der Waals surface area (Å²) in [6, 6.07) is 0. The molecule has 0 aromatic carbocycles. The van der Waals surface area contributed by atoms with Crippen molar-refractivity contribution in [2.75, 3.05) is 6.54 Å². The molecule has 0 aliphatic heterocycles. The molecule has 0 saturated heterocycles. The molecule has 19 heavy (non-hydrogen) atoms. The van der Waals surface area contributed by atoms with Crippen LogP contribution in [-0.2, 0) is 9.59 Å². The fraction of sp³-hybridized carbons (Fsp3) is 0.846. The highest BCUT2D eigenvalue weighted by atomic mass is 19.3. The minimum Gasteiger partial charge on any atom is -0.481 e. The van der Waals surface area contributed by atoms with Gasteiger partial charge in [-0.2, -0.15) is 0 Å². The van der Waals surface area contributed by atoms with Crippen molar-refractivity contribution in [3.8, 4) is 0 Å². The number of alkyl halides is 2. The van der Waals surface area contributed by atoms with Crippen LogP contribution >= 0.6 is 0 Å². The Labute approximate surface area is 111 Å². The Kier molecular flexibility index (Phi) is 6.18. The van der Waals surface area contributed by atoms with Gasteiger partial charge >= 0.3 is 5.97 Å². The molecule has 0 aromatic heterocycles. The maximum atomic E-state index is 13.1. The highest BCUT2D eigenvalue weighted by Gasteiger charge is 2.38. The summed E-state index contributed by atoms with van der Waals surface area (Å²) in [5.74, 6) is -4.41. The number of carboxylic acids is 1. The maximum absolute atomic E-state index is 13.1. The Morgan fingerprint density at radius 2 is 2.00 bits per heavy atom. The first-order valence-corrected chi connectivity index (χ1v) is 6.78. The second kappa shape index (κ2) is 7.40. The molecule has 2 N–H and O–H groups in total. The van der Waals surface area contributed by atoms with E-state index in [1.165, 1.54) is 0 Å². The van der Waals surface area contributed by atoms with Crippen LogP contribution in [0.15, 0.2) is 0 Å². The molecule has 1 fully saturated rings. The minimum absolute atomic E-state index is 0.119. The summed E-state index contributed by atoms with van der Waals surface area (Å²) in [5, 5.41) is 11.1. The van der Waals surface area contributed by atoms with Crippen molar-refractivity contribution in [2.24, 2.45) is 5.92 Å². The largest absolute Gasteiger partial charge is 0.481 e. The van der Waals surface area contributed by atoms with Crippen LogP contribution in [0.25, 0.3) is 0 Å². The van der Waals surface area contributed by atoms with Gasteiger partial charge in [-0.1, -0.05) is 6.42 Å². The van der Waals surface area contributed by atoms with Crippen molar-refractivity contribution in [3.63, 3.8) is 0 Å². The molecule has 0 spiro atoms. The molecule has 1 aliphatic rings. The first-order valence-electron chi connectivity index (χ1n) is 6.78. The first kappa shape index (κ1) is 15.9. The number of carbonyl (C=O) groups is 2. The van der Waals surface area contributed by atoms with Gasteiger partial charge in [0.05, 0.1) is 0 Å². The van der Waals surface area contributed by atoms with Gasteiger partial charge in [0.25, 0.3) is 0 Å². The van der Waals surface area contributed by atoms with Crippen LogP contribution < -0.4 is 5.32 Å². The van der Waals surface area contributed by atoms with E-state index in [1.807, 2.05) is 0 Å². The lowest BCUT2D eigenvalue weighted by molar-refractivity contribution is -0.137. The molecular formula is C13H21F2NO3. The van der Waals surface area contributed by atoms with E-state index in [9.17, 15) is 18.4 Å². The molecule has 1 rings (SSSR count). The lowest BCUT2D eigenvalue weighted by atomic mass is 9.86. The van der Waals surface area contributed by atoms with Crippen molar-refractivity contribution < 1.29 is 23.5 Å². The Morgan fingerprint density at radius 3 is 2.63 bits per heavy atom. The molecule has 0 aromatic rings. The quantitative estimate of drug-likeness (QED) is 0.703. The van der Waals surface area contributed by atoms with E-state index in [-0.39, 0.29) is 25.2 Å². The topological polar surface area (TPSA) is 66.4 Å². The molecule has 0 bridgehead atoms. The highest BCUT2D eigenvalue weighted by molar-refractivity contribution is 5.78. The number of aliphatic carboxylic acids is 1. The van der Waals surface area contributed by atoms with Crippen LogP contribution in [0.3, 0.4) is 0 Å². The van der Waals surface area contributed by atoms with Crippen LogP contribution in [0.5, 0.6) is 0 Å². The fourth-order valence-electron chi connectivity index (χ4n) is 2.33. The summed E-state index contributed by atoms with van der Waals surface area (Å²) in [6.45, 7) is 0.431. The monoisotopic (exact) mass is 277 g/mol. The molecule has 6 heteroatoms. The molecule has 1 atom stereocenters. The smallest absolute Gasteiger partial charge is 0.303 e. The van der Waals surface area contributed by atoms with Gasteiger partial charge in [-0.25, -0.2) is 8.78 Å². The lowest BCUT2D eigenvalue weighted by Crippen LogP contribution is -2.37. The third kappa shape index (κ3) is 6.50. The molecule has 0 heterocycles. The van der Waals surface area contributed by atoms with Gasteiger partial charge in [-0.05, 0) is 25.7 Å². The standard InChI is InChI=1S/C13H21F2NO3/c14-13(15)7-4-5-10(9-13)12(19)16-8-3-1-2-6-11(17)18/h10H,1-9H2,(H,16,19)(H,17,18). The molecular weight excluding hydrogens is 256 g/mol. The number of carboxylic acid groups (broad SMARTS) is 1. The van der Waals surface area contributed by atoms with Gasteiger partial charge in [0, 0.05) is 31.7 Å². The zero-order chi connectivity index (χ0) is 14.3. The fourth-order valence-corrected chi connectivity index (χ4v) is 2.33. The van der Waals surface area contributed by atoms with Gasteiger partial charge in [0.15, 0.2) is 0 Å². The van der Waals surface area contributed by atoms with Gasteiger partial charge in [0.1, 0.15) is 0 Å². The second-order valence-corrected chi connectivity index (χ2v) is 5.14. The summed E-state index contributed by atoms with van der Waals surface area (Å²) in [6.07, 6.45) is 2.55. The van der Waals surface area contributed by atoms with Crippen molar-refractivity contribution in [2.45, 2.75) is 57.3 Å². The van der Waals surface area contributed by atoms with E-state index in [1.54, 1.807) is 0 Å². The van der Waals surface area contributed by atoms with E-state index in [0.29, 0.717) is 38.6 Å². The maximum Gasteiger partial charge on any atom is 0.303 e. The van der Waals surface area contributed by atoms with E-state index in [2.05, 4.69) is 5.32 Å². The van der Waals surface area contributed by atoms with Crippen molar-refractivity contribution in [1.82, 2.24) is 5.32 Å². The number of nitrogens with one attached hydrogen (secondary N) is 1. The second-order valence-electron chi connectivity index (χ2n) is 5.14. The van der Waals surface area contributed by atoms with Crippen molar-refractivity contribution in [3.05, 3.63) is 0 Å². The third-order valence-electron chi connectivity index (χ3n) is 3.38. The number of unbranched alkanes of at least 4 members (excludes halogenated alkanes) is 2. The molecule has 1 amide bonds. The normalized spacial score (nSPS) is 21.9. The Bertz CT molecular complexity index is 321. The molecule has 4 nitrogen and oxygen atoms in total. The van der Waals surface area contributed by atoms with Gasteiger partial charge in [-0.3, -0.25) is 9.59 Å². The summed E-state index contributed by atoms with van der Waals surface area (Å²) >= 11 is 0. The number of halogens is 2. The van der Waals surface area contributed by atoms with Crippen LogP contribution in [0.2, 0.25) is 0 Å². The van der Waals surface area contributed by atoms with E-state index in [4.69, 9.17) is 5.11 Å². The van der Waals surface area contributed by atoms with E-state index < -0.39 is 17.8 Å². The number of amides is 1. The molecule has 1 saturated carbocycles. The van der Waals surface area contributed by atoms with Crippen LogP contribution in [0.4, 0.5) is 8.78 Å². The van der Waals surface area contributed by atoms with Crippen molar-refractivity contribution >= 4 is 11.9 Å². The van der Waals surface area contributed by atoms with Gasteiger partial charge in [0.2, 0.25) is 11.8 Å². The van der Waals surface area contributed by atoms with Crippen LogP contribution in [0, 0.1) is 5.92 Å². The summed E-state index contributed by atoms with van der Waals surface area (Å²) in [7, 11) is 0. The SMILES string of the molecule is O=C(O)CCCCCNC(=O)C1CCCC(F)(F)C1. The van der Waals surface area contributed by atoms with Crippen LogP contribution in [0.1, 0.15) is 51.4 Å². The predicted molar refractivity (Wildman–Crippen MR) is 66.0 cm³/mol. The summed E-state index contributed by atoms with van der Waals surface area (Å²) < 4.78 is 26.3. The first-order chi connectivity index (χ1) is 8.91. The lowest BCUT2D eigenvalue weighted by Gasteiger charge is -2.27. The minimum atomic E-state index is -2.71. The highest BCUT2D eigenvalue weighted by Crippen LogP contribution is 2.36. The summed E-state index contributed by atoms with van der Waals surface area (Å²) in [4.78, 5) is 22.0. The third-order valence-corrected chi connectivity index (χ3v) is 3.38. The van der Waals surface area contributed by atoms with Crippen LogP contribution in [-0.4, -0.2) is 29.5 Å². The number of carbonyl (C=O) groups excluding carboxylic acids is 1. The summed E-state index contributed by atoms with van der Waals surface area (Å²) in [5.41, 5.74) is 0. The van der Waals surface area contributed by atoms with Crippen molar-refractivity contribution in [1.29, 1.82) is 0 Å². The predicted octanol–water partition coefficient (Wildman–Crippen LogP) is 2.57. The van der Waals surface area contributed by atoms with E-state index >= 15 is 0 Å². The van der Waals surface area contributed by atoms with E-state index in [0.717, 1.165) is 0 Å². The van der Waals surface area contributed by atoms with Gasteiger partial charge < -0.3 is 10.4 Å². The number of rotatable bonds is 7. The zero-order valence-corrected chi connectivity index (χ0v) is 11.0. The molecule has 1 aliphatic carbocycles. The molecule has 110 valence electrons.